The molecule has 93 valence electrons. The number of pyridine rings is 1. The predicted octanol–water partition coefficient (Wildman–Crippen LogP) is 2.14. The summed E-state index contributed by atoms with van der Waals surface area (Å²) in [7, 11) is 1.64. The van der Waals surface area contributed by atoms with E-state index in [0.717, 1.165) is 22.8 Å². The minimum atomic E-state index is 0.729. The summed E-state index contributed by atoms with van der Waals surface area (Å²) in [6.45, 7) is 0. The molecule has 0 N–H and O–H groups in total. The number of hydrogen-bond acceptors (Lipinski definition) is 4. The fraction of sp³-hybridized carbons (Fsp3) is 0.0714. The highest BCUT2D eigenvalue weighted by Crippen LogP contribution is 2.21. The molecule has 2 aromatic heterocycles. The van der Waals surface area contributed by atoms with E-state index in [0.29, 0.717) is 0 Å². The van der Waals surface area contributed by atoms with Crippen LogP contribution in [-0.2, 0) is 0 Å². The second kappa shape index (κ2) is 4.89. The molecule has 0 aliphatic carbocycles. The van der Waals surface area contributed by atoms with Crippen LogP contribution in [0.2, 0.25) is 0 Å². The van der Waals surface area contributed by atoms with Crippen molar-refractivity contribution in [3.63, 3.8) is 0 Å². The monoisotopic (exact) mass is 251 g/mol. The average Bonchev–Trinajstić information content (AvgIpc) is 2.98. The van der Waals surface area contributed by atoms with Gasteiger partial charge in [0.15, 0.2) is 5.82 Å². The largest absolute Gasteiger partial charge is 0.497 e. The van der Waals surface area contributed by atoms with E-state index in [1.807, 2.05) is 36.4 Å². The van der Waals surface area contributed by atoms with E-state index in [2.05, 4.69) is 21.5 Å². The standard InChI is InChI=1S/C14H11N4O/c1-19-13-4-2-12(3-5-13)18-10-16-17-14(18)11-6-8-15-9-7-11/h2-9H,1H3. The van der Waals surface area contributed by atoms with Gasteiger partial charge < -0.3 is 4.74 Å². The molecule has 0 unspecified atom stereocenters. The van der Waals surface area contributed by atoms with E-state index >= 15 is 0 Å². The first-order chi connectivity index (χ1) is 9.38. The fourth-order valence-corrected chi connectivity index (χ4v) is 1.81. The Bertz CT molecular complexity index is 661. The molecule has 0 aliphatic heterocycles. The minimum absolute atomic E-state index is 0.729. The third-order valence-corrected chi connectivity index (χ3v) is 2.77. The number of nitrogens with zero attached hydrogens (tertiary/aromatic N) is 4. The molecular formula is C14H11N4O. The Kier molecular flexibility index (Phi) is 2.94. The first kappa shape index (κ1) is 11.4. The lowest BCUT2D eigenvalue weighted by atomic mass is 10.2. The van der Waals surface area contributed by atoms with Crippen molar-refractivity contribution >= 4 is 0 Å². The summed E-state index contributed by atoms with van der Waals surface area (Å²) >= 11 is 0. The van der Waals surface area contributed by atoms with Crippen molar-refractivity contribution in [2.45, 2.75) is 0 Å². The van der Waals surface area contributed by atoms with E-state index in [9.17, 15) is 0 Å². The van der Waals surface area contributed by atoms with Gasteiger partial charge in [-0.05, 0) is 36.4 Å². The minimum Gasteiger partial charge on any atom is -0.497 e. The Hall–Kier alpha value is -2.69. The summed E-state index contributed by atoms with van der Waals surface area (Å²) < 4.78 is 6.94. The normalized spacial score (nSPS) is 10.4. The van der Waals surface area contributed by atoms with Crippen LogP contribution < -0.4 is 4.74 Å². The first-order valence-corrected chi connectivity index (χ1v) is 5.76. The molecule has 1 aromatic carbocycles. The Morgan fingerprint density at radius 2 is 1.79 bits per heavy atom. The zero-order chi connectivity index (χ0) is 13.1. The maximum Gasteiger partial charge on any atom is 0.207 e. The predicted molar refractivity (Wildman–Crippen MR) is 70.0 cm³/mol. The van der Waals surface area contributed by atoms with Crippen LogP contribution >= 0.6 is 0 Å². The molecule has 3 aromatic rings. The summed E-state index contributed by atoms with van der Waals surface area (Å²) in [5.41, 5.74) is 1.87. The quantitative estimate of drug-likeness (QED) is 0.715. The number of ether oxygens (including phenoxy) is 1. The summed E-state index contributed by atoms with van der Waals surface area (Å²) in [5.74, 6) is 1.54. The van der Waals surface area contributed by atoms with Gasteiger partial charge >= 0.3 is 0 Å². The van der Waals surface area contributed by atoms with Gasteiger partial charge in [-0.1, -0.05) is 0 Å². The fourth-order valence-electron chi connectivity index (χ4n) is 1.81. The van der Waals surface area contributed by atoms with Crippen molar-refractivity contribution in [2.75, 3.05) is 7.11 Å². The zero-order valence-electron chi connectivity index (χ0n) is 10.3. The number of methoxy groups -OCH3 is 1. The van der Waals surface area contributed by atoms with Crippen molar-refractivity contribution in [3.05, 3.63) is 55.1 Å². The van der Waals surface area contributed by atoms with E-state index in [1.165, 1.54) is 0 Å². The smallest absolute Gasteiger partial charge is 0.207 e. The molecule has 1 radical (unpaired) electrons. The van der Waals surface area contributed by atoms with E-state index in [-0.39, 0.29) is 0 Å². The van der Waals surface area contributed by atoms with E-state index in [4.69, 9.17) is 4.74 Å². The third kappa shape index (κ3) is 2.18. The summed E-state index contributed by atoms with van der Waals surface area (Å²) in [5, 5.41) is 7.96. The summed E-state index contributed by atoms with van der Waals surface area (Å²) in [4.78, 5) is 4.00. The van der Waals surface area contributed by atoms with Crippen molar-refractivity contribution in [3.8, 4) is 22.8 Å². The lowest BCUT2D eigenvalue weighted by Gasteiger charge is -2.06. The highest BCUT2D eigenvalue weighted by atomic mass is 16.5. The van der Waals surface area contributed by atoms with E-state index in [1.54, 1.807) is 24.1 Å². The van der Waals surface area contributed by atoms with Crippen LogP contribution in [0.15, 0.2) is 48.8 Å². The highest BCUT2D eigenvalue weighted by Gasteiger charge is 2.09. The molecular weight excluding hydrogens is 240 g/mol. The Labute approximate surface area is 110 Å². The molecule has 0 saturated carbocycles. The molecule has 2 heterocycles. The van der Waals surface area contributed by atoms with Crippen LogP contribution in [0.5, 0.6) is 5.75 Å². The Balaban J connectivity index is 2.04. The van der Waals surface area contributed by atoms with Gasteiger partial charge in [0.05, 0.1) is 7.11 Å². The first-order valence-electron chi connectivity index (χ1n) is 5.76. The molecule has 0 bridgehead atoms. The van der Waals surface area contributed by atoms with Crippen LogP contribution in [0, 0.1) is 6.33 Å². The SMILES string of the molecule is COc1ccc(-n2[c]nnc2-c2ccncc2)cc1. The van der Waals surface area contributed by atoms with Gasteiger partial charge in [-0.3, -0.25) is 9.55 Å². The molecule has 19 heavy (non-hydrogen) atoms. The maximum absolute atomic E-state index is 5.14. The number of aromatic nitrogens is 4. The van der Waals surface area contributed by atoms with Crippen LogP contribution in [0.25, 0.3) is 17.1 Å². The van der Waals surface area contributed by atoms with Crippen LogP contribution in [0.4, 0.5) is 0 Å². The van der Waals surface area contributed by atoms with Gasteiger partial charge in [0, 0.05) is 23.6 Å². The van der Waals surface area contributed by atoms with Gasteiger partial charge in [-0.15, -0.1) is 10.2 Å². The number of hydrogen-bond donors (Lipinski definition) is 0. The molecule has 0 aliphatic rings. The van der Waals surface area contributed by atoms with Crippen molar-refractivity contribution < 1.29 is 4.74 Å². The second-order valence-electron chi connectivity index (χ2n) is 3.89. The summed E-state index contributed by atoms with van der Waals surface area (Å²) in [6, 6.07) is 11.4. The van der Waals surface area contributed by atoms with E-state index < -0.39 is 0 Å². The highest BCUT2D eigenvalue weighted by molar-refractivity contribution is 5.57. The van der Waals surface area contributed by atoms with Gasteiger partial charge in [0.2, 0.25) is 6.33 Å². The Morgan fingerprint density at radius 1 is 1.05 bits per heavy atom. The van der Waals surface area contributed by atoms with Crippen molar-refractivity contribution in [1.29, 1.82) is 0 Å². The Morgan fingerprint density at radius 3 is 2.47 bits per heavy atom. The van der Waals surface area contributed by atoms with Crippen LogP contribution in [0.3, 0.4) is 0 Å². The molecule has 0 fully saturated rings. The van der Waals surface area contributed by atoms with Gasteiger partial charge in [0.25, 0.3) is 0 Å². The molecule has 3 rings (SSSR count). The molecule has 5 heteroatoms. The number of benzene rings is 1. The third-order valence-electron chi connectivity index (χ3n) is 2.77. The summed E-state index contributed by atoms with van der Waals surface area (Å²) in [6.07, 6.45) is 6.30. The molecule has 0 amide bonds. The van der Waals surface area contributed by atoms with Gasteiger partial charge in [-0.2, -0.15) is 0 Å². The van der Waals surface area contributed by atoms with Crippen LogP contribution in [-0.4, -0.2) is 26.9 Å². The second-order valence-corrected chi connectivity index (χ2v) is 3.89. The lowest BCUT2D eigenvalue weighted by molar-refractivity contribution is 0.415. The van der Waals surface area contributed by atoms with Gasteiger partial charge in [-0.25, -0.2) is 0 Å². The van der Waals surface area contributed by atoms with Gasteiger partial charge in [0.1, 0.15) is 5.75 Å². The molecule has 0 atom stereocenters. The molecule has 0 saturated heterocycles. The van der Waals surface area contributed by atoms with Crippen molar-refractivity contribution in [1.82, 2.24) is 19.7 Å². The van der Waals surface area contributed by atoms with Crippen molar-refractivity contribution in [2.24, 2.45) is 0 Å². The van der Waals surface area contributed by atoms with Crippen LogP contribution in [0.1, 0.15) is 0 Å². The maximum atomic E-state index is 5.14. The average molecular weight is 251 g/mol. The zero-order valence-corrected chi connectivity index (χ0v) is 10.3. The molecule has 0 spiro atoms. The number of rotatable bonds is 3. The molecule has 5 nitrogen and oxygen atoms in total. The lowest BCUT2D eigenvalue weighted by Crippen LogP contribution is -1.96. The topological polar surface area (TPSA) is 52.8 Å².